The second-order valence-electron chi connectivity index (χ2n) is 3.40. The maximum absolute atomic E-state index is 4.28. The minimum atomic E-state index is 0.986. The lowest BCUT2D eigenvalue weighted by Crippen LogP contribution is -1.99. The van der Waals surface area contributed by atoms with Gasteiger partial charge in [0.15, 0.2) is 0 Å². The molecule has 1 aromatic heterocycles. The number of hydrogen-bond donors (Lipinski definition) is 1. The molecule has 0 amide bonds. The fourth-order valence-corrected chi connectivity index (χ4v) is 1.81. The molecule has 1 aromatic carbocycles. The molecule has 0 saturated carbocycles. The molecule has 2 aromatic rings. The van der Waals surface area contributed by atoms with Gasteiger partial charge in [-0.15, -0.1) is 0 Å². The molecule has 0 aliphatic carbocycles. The van der Waals surface area contributed by atoms with E-state index >= 15 is 0 Å². The molecule has 0 bridgehead atoms. The summed E-state index contributed by atoms with van der Waals surface area (Å²) >= 11 is 3.49. The van der Waals surface area contributed by atoms with E-state index in [-0.39, 0.29) is 0 Å². The van der Waals surface area contributed by atoms with Crippen LogP contribution in [0, 0.1) is 6.92 Å². The normalized spacial score (nSPS) is 10.3. The first-order valence-electron chi connectivity index (χ1n) is 4.69. The van der Waals surface area contributed by atoms with Gasteiger partial charge in [-0.25, -0.2) is 0 Å². The second-order valence-corrected chi connectivity index (χ2v) is 4.25. The summed E-state index contributed by atoms with van der Waals surface area (Å²) in [5.74, 6) is 0.986. The zero-order chi connectivity index (χ0) is 10.8. The Morgan fingerprint density at radius 1 is 1.33 bits per heavy atom. The van der Waals surface area contributed by atoms with Gasteiger partial charge in [0.25, 0.3) is 0 Å². The van der Waals surface area contributed by atoms with E-state index in [4.69, 9.17) is 0 Å². The number of anilines is 2. The maximum Gasteiger partial charge on any atom is 0.128 e. The summed E-state index contributed by atoms with van der Waals surface area (Å²) in [4.78, 5) is 0. The Labute approximate surface area is 97.2 Å². The van der Waals surface area contributed by atoms with Gasteiger partial charge in [-0.3, -0.25) is 4.68 Å². The van der Waals surface area contributed by atoms with Crippen molar-refractivity contribution in [3.8, 4) is 0 Å². The topological polar surface area (TPSA) is 29.9 Å². The second kappa shape index (κ2) is 4.06. The molecule has 0 spiro atoms. The van der Waals surface area contributed by atoms with Gasteiger partial charge in [0, 0.05) is 17.6 Å². The fourth-order valence-electron chi connectivity index (χ4n) is 1.43. The third-order valence-corrected chi connectivity index (χ3v) is 2.83. The van der Waals surface area contributed by atoms with Crippen molar-refractivity contribution in [3.63, 3.8) is 0 Å². The lowest BCUT2D eigenvalue weighted by atomic mass is 10.3. The van der Waals surface area contributed by atoms with Gasteiger partial charge in [0.05, 0.1) is 11.4 Å². The molecule has 1 N–H and O–H groups in total. The van der Waals surface area contributed by atoms with Gasteiger partial charge >= 0.3 is 0 Å². The number of benzene rings is 1. The monoisotopic (exact) mass is 265 g/mol. The van der Waals surface area contributed by atoms with Crippen LogP contribution in [0.4, 0.5) is 11.5 Å². The summed E-state index contributed by atoms with van der Waals surface area (Å²) in [6, 6.07) is 10.0. The molecule has 1 heterocycles. The van der Waals surface area contributed by atoms with Crippen LogP contribution in [0.1, 0.15) is 5.69 Å². The molecule has 0 saturated heterocycles. The largest absolute Gasteiger partial charge is 0.340 e. The highest BCUT2D eigenvalue weighted by atomic mass is 79.9. The van der Waals surface area contributed by atoms with Crippen molar-refractivity contribution in [1.29, 1.82) is 0 Å². The van der Waals surface area contributed by atoms with Crippen LogP contribution >= 0.6 is 15.9 Å². The zero-order valence-corrected chi connectivity index (χ0v) is 10.2. The Bertz CT molecular complexity index is 476. The molecule has 78 valence electrons. The summed E-state index contributed by atoms with van der Waals surface area (Å²) in [5.41, 5.74) is 2.05. The number of para-hydroxylation sites is 1. The zero-order valence-electron chi connectivity index (χ0n) is 8.66. The van der Waals surface area contributed by atoms with Crippen molar-refractivity contribution in [2.24, 2.45) is 7.05 Å². The van der Waals surface area contributed by atoms with Gasteiger partial charge in [-0.1, -0.05) is 12.1 Å². The van der Waals surface area contributed by atoms with Crippen LogP contribution in [0.25, 0.3) is 0 Å². The standard InChI is InChI=1S/C11H12BrN3/c1-8-7-11(15(2)14-8)13-10-6-4-3-5-9(10)12/h3-7,13H,1-2H3. The van der Waals surface area contributed by atoms with Crippen molar-refractivity contribution < 1.29 is 0 Å². The van der Waals surface area contributed by atoms with Crippen LogP contribution in [-0.4, -0.2) is 9.78 Å². The van der Waals surface area contributed by atoms with E-state index in [9.17, 15) is 0 Å². The van der Waals surface area contributed by atoms with Crippen molar-refractivity contribution in [3.05, 3.63) is 40.5 Å². The van der Waals surface area contributed by atoms with Crippen LogP contribution in [-0.2, 0) is 7.05 Å². The molecule has 0 aliphatic rings. The lowest BCUT2D eigenvalue weighted by molar-refractivity contribution is 0.765. The lowest BCUT2D eigenvalue weighted by Gasteiger charge is -2.07. The molecule has 0 atom stereocenters. The third-order valence-electron chi connectivity index (χ3n) is 2.14. The predicted molar refractivity (Wildman–Crippen MR) is 65.4 cm³/mol. The average Bonchev–Trinajstić information content (AvgIpc) is 2.49. The highest BCUT2D eigenvalue weighted by Gasteiger charge is 2.03. The number of rotatable bonds is 2. The quantitative estimate of drug-likeness (QED) is 0.904. The van der Waals surface area contributed by atoms with E-state index < -0.39 is 0 Å². The molecule has 2 rings (SSSR count). The van der Waals surface area contributed by atoms with Gasteiger partial charge in [0.2, 0.25) is 0 Å². The summed E-state index contributed by atoms with van der Waals surface area (Å²) in [5, 5.41) is 7.59. The van der Waals surface area contributed by atoms with E-state index in [1.54, 1.807) is 0 Å². The van der Waals surface area contributed by atoms with Crippen molar-refractivity contribution in [1.82, 2.24) is 9.78 Å². The number of nitrogens with zero attached hydrogens (tertiary/aromatic N) is 2. The number of halogens is 1. The molecule has 0 radical (unpaired) electrons. The van der Waals surface area contributed by atoms with Gasteiger partial charge in [-0.2, -0.15) is 5.10 Å². The van der Waals surface area contributed by atoms with Crippen LogP contribution in [0.3, 0.4) is 0 Å². The number of aromatic nitrogens is 2. The van der Waals surface area contributed by atoms with Crippen molar-refractivity contribution in [2.75, 3.05) is 5.32 Å². The van der Waals surface area contributed by atoms with Gasteiger partial charge in [-0.05, 0) is 35.0 Å². The Morgan fingerprint density at radius 2 is 2.07 bits per heavy atom. The minimum absolute atomic E-state index is 0.986. The summed E-state index contributed by atoms with van der Waals surface area (Å²) in [6.07, 6.45) is 0. The van der Waals surface area contributed by atoms with E-state index in [1.165, 1.54) is 0 Å². The molecule has 15 heavy (non-hydrogen) atoms. The minimum Gasteiger partial charge on any atom is -0.340 e. The van der Waals surface area contributed by atoms with Gasteiger partial charge in [0.1, 0.15) is 5.82 Å². The average molecular weight is 266 g/mol. The van der Waals surface area contributed by atoms with E-state index in [1.807, 2.05) is 49.0 Å². The molecular weight excluding hydrogens is 254 g/mol. The molecule has 0 fully saturated rings. The van der Waals surface area contributed by atoms with Crippen molar-refractivity contribution >= 4 is 27.4 Å². The first-order valence-corrected chi connectivity index (χ1v) is 5.48. The van der Waals surface area contributed by atoms with E-state index in [0.29, 0.717) is 0 Å². The Kier molecular flexibility index (Phi) is 2.77. The molecule has 4 heteroatoms. The Morgan fingerprint density at radius 3 is 2.67 bits per heavy atom. The Hall–Kier alpha value is -1.29. The maximum atomic E-state index is 4.28. The fraction of sp³-hybridized carbons (Fsp3) is 0.182. The summed E-state index contributed by atoms with van der Waals surface area (Å²) < 4.78 is 2.87. The Balaban J connectivity index is 2.29. The molecule has 0 aliphatic heterocycles. The predicted octanol–water partition coefficient (Wildman–Crippen LogP) is 3.23. The molecular formula is C11H12BrN3. The van der Waals surface area contributed by atoms with E-state index in [2.05, 4.69) is 26.3 Å². The highest BCUT2D eigenvalue weighted by Crippen LogP contribution is 2.25. The van der Waals surface area contributed by atoms with Gasteiger partial charge < -0.3 is 5.32 Å². The molecule has 3 nitrogen and oxygen atoms in total. The smallest absolute Gasteiger partial charge is 0.128 e. The summed E-state index contributed by atoms with van der Waals surface area (Å²) in [6.45, 7) is 1.98. The molecule has 0 unspecified atom stereocenters. The van der Waals surface area contributed by atoms with Crippen LogP contribution in [0.5, 0.6) is 0 Å². The SMILES string of the molecule is Cc1cc(Nc2ccccc2Br)n(C)n1. The van der Waals surface area contributed by atoms with Crippen molar-refractivity contribution in [2.45, 2.75) is 6.92 Å². The number of hydrogen-bond acceptors (Lipinski definition) is 2. The third kappa shape index (κ3) is 2.21. The van der Waals surface area contributed by atoms with Crippen LogP contribution in [0.15, 0.2) is 34.8 Å². The van der Waals surface area contributed by atoms with E-state index in [0.717, 1.165) is 21.7 Å². The summed E-state index contributed by atoms with van der Waals surface area (Å²) in [7, 11) is 1.92. The first kappa shape index (κ1) is 10.2. The van der Waals surface area contributed by atoms with Crippen LogP contribution in [0.2, 0.25) is 0 Å². The highest BCUT2D eigenvalue weighted by molar-refractivity contribution is 9.10. The first-order chi connectivity index (χ1) is 7.16. The van der Waals surface area contributed by atoms with Crippen LogP contribution < -0.4 is 5.32 Å². The number of nitrogens with one attached hydrogen (secondary N) is 1. The number of aryl methyl sites for hydroxylation is 2.